The van der Waals surface area contributed by atoms with Gasteiger partial charge in [0.2, 0.25) is 5.88 Å². The first kappa shape index (κ1) is 20.6. The minimum Gasteiger partial charge on any atom is -0.497 e. The summed E-state index contributed by atoms with van der Waals surface area (Å²) in [6.07, 6.45) is 0. The molecule has 1 aromatic heterocycles. The second-order valence-electron chi connectivity index (χ2n) is 5.57. The van der Waals surface area contributed by atoms with Crippen molar-refractivity contribution in [2.24, 2.45) is 5.73 Å². The summed E-state index contributed by atoms with van der Waals surface area (Å²) in [5.74, 6) is 2.18. The zero-order chi connectivity index (χ0) is 18.4. The van der Waals surface area contributed by atoms with Gasteiger partial charge in [-0.05, 0) is 55.5 Å². The summed E-state index contributed by atoms with van der Waals surface area (Å²) in [7, 11) is 1.65. The number of benzene rings is 2. The molecule has 2 N–H and O–H groups in total. The SMILES string of the molecule is CCOc1cc(-c2ccc(OCCN)cc2)n(-c2ccc(OC)cc2)n1.Cl. The maximum atomic E-state index is 5.60. The van der Waals surface area contributed by atoms with E-state index in [1.54, 1.807) is 7.11 Å². The van der Waals surface area contributed by atoms with E-state index in [0.717, 1.165) is 28.4 Å². The van der Waals surface area contributed by atoms with E-state index in [-0.39, 0.29) is 12.4 Å². The van der Waals surface area contributed by atoms with Crippen molar-refractivity contribution < 1.29 is 14.2 Å². The highest BCUT2D eigenvalue weighted by atomic mass is 35.5. The van der Waals surface area contributed by atoms with Gasteiger partial charge in [-0.15, -0.1) is 17.5 Å². The molecule has 0 aliphatic rings. The van der Waals surface area contributed by atoms with E-state index in [1.807, 2.05) is 66.2 Å². The highest BCUT2D eigenvalue weighted by Gasteiger charge is 2.13. The second-order valence-corrected chi connectivity index (χ2v) is 5.57. The Morgan fingerprint density at radius 2 is 1.63 bits per heavy atom. The number of ether oxygens (including phenoxy) is 3. The van der Waals surface area contributed by atoms with Crippen LogP contribution in [-0.4, -0.2) is 36.6 Å². The molecule has 0 bridgehead atoms. The molecule has 3 aromatic rings. The smallest absolute Gasteiger partial charge is 0.233 e. The molecule has 0 radical (unpaired) electrons. The van der Waals surface area contributed by atoms with Crippen molar-refractivity contribution >= 4 is 12.4 Å². The number of methoxy groups -OCH3 is 1. The number of halogens is 1. The van der Waals surface area contributed by atoms with Crippen LogP contribution in [0.1, 0.15) is 6.92 Å². The van der Waals surface area contributed by atoms with Gasteiger partial charge in [0.15, 0.2) is 0 Å². The normalized spacial score (nSPS) is 10.2. The standard InChI is InChI=1S/C20H23N3O3.ClH/c1-3-25-20-14-19(15-4-8-18(9-5-15)26-13-12-21)23(22-20)16-6-10-17(24-2)11-7-16;/h4-11,14H,3,12-13,21H2,1-2H3;1H. The maximum absolute atomic E-state index is 5.60. The third kappa shape index (κ3) is 4.93. The predicted molar refractivity (Wildman–Crippen MR) is 109 cm³/mol. The Kier molecular flexibility index (Phi) is 7.52. The molecule has 1 heterocycles. The van der Waals surface area contributed by atoms with Gasteiger partial charge in [0.25, 0.3) is 0 Å². The van der Waals surface area contributed by atoms with Crippen LogP contribution in [-0.2, 0) is 0 Å². The topological polar surface area (TPSA) is 71.5 Å². The number of hydrogen-bond donors (Lipinski definition) is 1. The summed E-state index contributed by atoms with van der Waals surface area (Å²) in [6.45, 7) is 3.49. The maximum Gasteiger partial charge on any atom is 0.233 e. The predicted octanol–water partition coefficient (Wildman–Crippen LogP) is 3.71. The molecule has 27 heavy (non-hydrogen) atoms. The second kappa shape index (κ2) is 9.85. The van der Waals surface area contributed by atoms with Crippen LogP contribution in [0.2, 0.25) is 0 Å². The van der Waals surface area contributed by atoms with Gasteiger partial charge in [0, 0.05) is 18.2 Å². The Hall–Kier alpha value is -2.70. The quantitative estimate of drug-likeness (QED) is 0.636. The Morgan fingerprint density at radius 1 is 0.963 bits per heavy atom. The highest BCUT2D eigenvalue weighted by Crippen LogP contribution is 2.29. The summed E-state index contributed by atoms with van der Waals surface area (Å²) >= 11 is 0. The largest absolute Gasteiger partial charge is 0.497 e. The van der Waals surface area contributed by atoms with Crippen LogP contribution in [0, 0.1) is 0 Å². The first-order valence-electron chi connectivity index (χ1n) is 8.55. The molecule has 144 valence electrons. The molecule has 0 atom stereocenters. The van der Waals surface area contributed by atoms with Crippen molar-refractivity contribution in [2.75, 3.05) is 26.9 Å². The third-order valence-electron chi connectivity index (χ3n) is 3.83. The van der Waals surface area contributed by atoms with Gasteiger partial charge in [0.1, 0.15) is 18.1 Å². The van der Waals surface area contributed by atoms with Crippen LogP contribution in [0.3, 0.4) is 0 Å². The molecule has 0 saturated heterocycles. The minimum absolute atomic E-state index is 0. The third-order valence-corrected chi connectivity index (χ3v) is 3.83. The van der Waals surface area contributed by atoms with Crippen molar-refractivity contribution in [1.82, 2.24) is 9.78 Å². The Labute approximate surface area is 165 Å². The van der Waals surface area contributed by atoms with E-state index in [4.69, 9.17) is 19.9 Å². The van der Waals surface area contributed by atoms with E-state index in [0.29, 0.717) is 25.6 Å². The molecule has 0 aliphatic carbocycles. The number of nitrogens with zero attached hydrogens (tertiary/aromatic N) is 2. The van der Waals surface area contributed by atoms with Gasteiger partial charge in [-0.2, -0.15) is 0 Å². The van der Waals surface area contributed by atoms with E-state index in [1.165, 1.54) is 0 Å². The molecule has 0 spiro atoms. The molecular weight excluding hydrogens is 366 g/mol. The van der Waals surface area contributed by atoms with Crippen molar-refractivity contribution in [3.63, 3.8) is 0 Å². The fraction of sp³-hybridized carbons (Fsp3) is 0.250. The molecule has 0 fully saturated rings. The van der Waals surface area contributed by atoms with Gasteiger partial charge in [0.05, 0.1) is 25.1 Å². The van der Waals surface area contributed by atoms with E-state index < -0.39 is 0 Å². The monoisotopic (exact) mass is 389 g/mol. The van der Waals surface area contributed by atoms with Crippen molar-refractivity contribution in [3.8, 4) is 34.3 Å². The van der Waals surface area contributed by atoms with Crippen LogP contribution in [0.5, 0.6) is 17.4 Å². The fourth-order valence-corrected chi connectivity index (χ4v) is 2.60. The minimum atomic E-state index is 0. The molecule has 0 amide bonds. The number of rotatable bonds is 8. The van der Waals surface area contributed by atoms with Gasteiger partial charge in [-0.1, -0.05) is 0 Å². The van der Waals surface area contributed by atoms with Crippen molar-refractivity contribution in [1.29, 1.82) is 0 Å². The molecule has 0 unspecified atom stereocenters. The van der Waals surface area contributed by atoms with Crippen LogP contribution in [0.15, 0.2) is 54.6 Å². The average molecular weight is 390 g/mol. The molecule has 2 aromatic carbocycles. The van der Waals surface area contributed by atoms with Crippen molar-refractivity contribution in [3.05, 3.63) is 54.6 Å². The summed E-state index contributed by atoms with van der Waals surface area (Å²) in [4.78, 5) is 0. The fourth-order valence-electron chi connectivity index (χ4n) is 2.60. The Balaban J connectivity index is 0.00000261. The molecule has 6 nitrogen and oxygen atoms in total. The zero-order valence-corrected chi connectivity index (χ0v) is 16.2. The summed E-state index contributed by atoms with van der Waals surface area (Å²) in [6, 6.07) is 17.5. The van der Waals surface area contributed by atoms with Gasteiger partial charge < -0.3 is 19.9 Å². The lowest BCUT2D eigenvalue weighted by molar-refractivity contribution is 0.324. The first-order chi connectivity index (χ1) is 12.7. The Morgan fingerprint density at radius 3 is 2.22 bits per heavy atom. The number of nitrogens with two attached hydrogens (primary N) is 1. The summed E-state index contributed by atoms with van der Waals surface area (Å²) < 4.78 is 18.2. The molecule has 7 heteroatoms. The molecule has 0 aliphatic heterocycles. The number of aromatic nitrogens is 2. The van der Waals surface area contributed by atoms with E-state index >= 15 is 0 Å². The highest BCUT2D eigenvalue weighted by molar-refractivity contribution is 5.85. The molecule has 0 saturated carbocycles. The Bertz CT molecular complexity index is 833. The van der Waals surface area contributed by atoms with E-state index in [2.05, 4.69) is 5.10 Å². The van der Waals surface area contributed by atoms with Crippen LogP contribution < -0.4 is 19.9 Å². The van der Waals surface area contributed by atoms with Crippen molar-refractivity contribution in [2.45, 2.75) is 6.92 Å². The van der Waals surface area contributed by atoms with Crippen LogP contribution in [0.25, 0.3) is 16.9 Å². The molecular formula is C20H24ClN3O3. The van der Waals surface area contributed by atoms with Crippen LogP contribution >= 0.6 is 12.4 Å². The summed E-state index contributed by atoms with van der Waals surface area (Å²) in [5.41, 5.74) is 8.35. The average Bonchev–Trinajstić information content (AvgIpc) is 3.11. The van der Waals surface area contributed by atoms with E-state index in [9.17, 15) is 0 Å². The van der Waals surface area contributed by atoms with Crippen LogP contribution in [0.4, 0.5) is 0 Å². The summed E-state index contributed by atoms with van der Waals surface area (Å²) in [5, 5.41) is 4.58. The lowest BCUT2D eigenvalue weighted by Gasteiger charge is -2.09. The number of hydrogen-bond acceptors (Lipinski definition) is 5. The van der Waals surface area contributed by atoms with Gasteiger partial charge in [-0.25, -0.2) is 4.68 Å². The lowest BCUT2D eigenvalue weighted by atomic mass is 10.1. The van der Waals surface area contributed by atoms with Gasteiger partial charge >= 0.3 is 0 Å². The first-order valence-corrected chi connectivity index (χ1v) is 8.55. The van der Waals surface area contributed by atoms with Gasteiger partial charge in [-0.3, -0.25) is 0 Å². The zero-order valence-electron chi connectivity index (χ0n) is 15.4. The molecule has 3 rings (SSSR count). The lowest BCUT2D eigenvalue weighted by Crippen LogP contribution is -2.10.